The predicted molar refractivity (Wildman–Crippen MR) is 95.6 cm³/mol. The van der Waals surface area contributed by atoms with Gasteiger partial charge < -0.3 is 15.2 Å². The summed E-state index contributed by atoms with van der Waals surface area (Å²) >= 11 is 1.39. The number of nitrogens with zero attached hydrogens (tertiary/aromatic N) is 2. The SMILES string of the molecule is C[C@H]1CC(=O)Nc2ccccc2N1Cc1nc2ccsc2c(=O)[nH]1. The van der Waals surface area contributed by atoms with Crippen molar-refractivity contribution in [3.05, 3.63) is 51.9 Å². The van der Waals surface area contributed by atoms with Crippen LogP contribution in [0, 0.1) is 0 Å². The normalized spacial score (nSPS) is 17.5. The largest absolute Gasteiger partial charge is 0.359 e. The Bertz CT molecular complexity index is 978. The van der Waals surface area contributed by atoms with Crippen molar-refractivity contribution in [3.63, 3.8) is 0 Å². The van der Waals surface area contributed by atoms with Crippen LogP contribution in [-0.2, 0) is 11.3 Å². The van der Waals surface area contributed by atoms with E-state index in [0.29, 0.717) is 29.0 Å². The number of aromatic nitrogens is 2. The third-order valence-corrected chi connectivity index (χ3v) is 5.09. The van der Waals surface area contributed by atoms with Gasteiger partial charge in [0.2, 0.25) is 5.91 Å². The van der Waals surface area contributed by atoms with Crippen LogP contribution in [0.15, 0.2) is 40.5 Å². The van der Waals surface area contributed by atoms with E-state index in [9.17, 15) is 9.59 Å². The van der Waals surface area contributed by atoms with Crippen molar-refractivity contribution in [2.75, 3.05) is 10.2 Å². The van der Waals surface area contributed by atoms with E-state index in [4.69, 9.17) is 0 Å². The van der Waals surface area contributed by atoms with Crippen LogP contribution in [0.4, 0.5) is 11.4 Å². The molecule has 0 radical (unpaired) electrons. The van der Waals surface area contributed by atoms with E-state index in [1.54, 1.807) is 0 Å². The number of hydrogen-bond donors (Lipinski definition) is 2. The van der Waals surface area contributed by atoms with Gasteiger partial charge in [0.05, 0.1) is 23.4 Å². The number of para-hydroxylation sites is 2. The number of carbonyl (C=O) groups excluding carboxylic acids is 1. The van der Waals surface area contributed by atoms with E-state index in [1.807, 2.05) is 42.6 Å². The first-order valence-electron chi connectivity index (χ1n) is 7.74. The molecule has 0 saturated carbocycles. The number of carbonyl (C=O) groups is 1. The summed E-state index contributed by atoms with van der Waals surface area (Å²) in [6, 6.07) is 9.54. The number of anilines is 2. The van der Waals surface area contributed by atoms with Crippen molar-refractivity contribution >= 4 is 38.8 Å². The van der Waals surface area contributed by atoms with Crippen LogP contribution in [0.25, 0.3) is 10.2 Å². The summed E-state index contributed by atoms with van der Waals surface area (Å²) in [6.07, 6.45) is 0.388. The summed E-state index contributed by atoms with van der Waals surface area (Å²) < 4.78 is 0.639. The van der Waals surface area contributed by atoms with Gasteiger partial charge >= 0.3 is 0 Å². The minimum Gasteiger partial charge on any atom is -0.359 e. The van der Waals surface area contributed by atoms with Gasteiger partial charge in [-0.3, -0.25) is 9.59 Å². The topological polar surface area (TPSA) is 78.1 Å². The van der Waals surface area contributed by atoms with E-state index >= 15 is 0 Å². The molecule has 1 aliphatic rings. The van der Waals surface area contributed by atoms with Crippen molar-refractivity contribution in [1.82, 2.24) is 9.97 Å². The predicted octanol–water partition coefficient (Wildman–Crippen LogP) is 2.72. The molecular formula is C17H16N4O2S. The highest BCUT2D eigenvalue weighted by Crippen LogP contribution is 2.32. The van der Waals surface area contributed by atoms with Crippen molar-refractivity contribution < 1.29 is 4.79 Å². The molecule has 3 heterocycles. The number of benzene rings is 1. The third kappa shape index (κ3) is 2.56. The second-order valence-corrected chi connectivity index (χ2v) is 6.81. The number of rotatable bonds is 2. The van der Waals surface area contributed by atoms with Crippen molar-refractivity contribution in [3.8, 4) is 0 Å². The van der Waals surface area contributed by atoms with Gasteiger partial charge in [-0.25, -0.2) is 4.98 Å². The minimum atomic E-state index is -0.116. The fourth-order valence-corrected chi connectivity index (χ4v) is 3.77. The second kappa shape index (κ2) is 5.76. The van der Waals surface area contributed by atoms with Gasteiger partial charge in [0.1, 0.15) is 10.5 Å². The Kier molecular flexibility index (Phi) is 3.57. The molecule has 0 fully saturated rings. The number of H-pyrrole nitrogens is 1. The van der Waals surface area contributed by atoms with Crippen LogP contribution in [-0.4, -0.2) is 21.9 Å². The fourth-order valence-electron chi connectivity index (χ4n) is 3.05. The van der Waals surface area contributed by atoms with Crippen LogP contribution >= 0.6 is 11.3 Å². The van der Waals surface area contributed by atoms with E-state index < -0.39 is 0 Å². The molecule has 1 aliphatic heterocycles. The van der Waals surface area contributed by atoms with Crippen LogP contribution in [0.1, 0.15) is 19.2 Å². The van der Waals surface area contributed by atoms with Crippen molar-refractivity contribution in [1.29, 1.82) is 0 Å². The van der Waals surface area contributed by atoms with Gasteiger partial charge in [-0.05, 0) is 30.5 Å². The molecular weight excluding hydrogens is 324 g/mol. The smallest absolute Gasteiger partial charge is 0.268 e. The van der Waals surface area contributed by atoms with E-state index in [1.165, 1.54) is 11.3 Å². The number of amides is 1. The molecule has 1 aromatic carbocycles. The molecule has 0 saturated heterocycles. The lowest BCUT2D eigenvalue weighted by molar-refractivity contribution is -0.116. The highest BCUT2D eigenvalue weighted by molar-refractivity contribution is 7.17. The minimum absolute atomic E-state index is 0.00266. The quantitative estimate of drug-likeness (QED) is 0.752. The first-order valence-corrected chi connectivity index (χ1v) is 8.62. The molecule has 0 aliphatic carbocycles. The number of nitrogens with one attached hydrogen (secondary N) is 2. The lowest BCUT2D eigenvalue weighted by Crippen LogP contribution is -2.34. The second-order valence-electron chi connectivity index (χ2n) is 5.89. The highest BCUT2D eigenvalue weighted by Gasteiger charge is 2.25. The molecule has 0 unspecified atom stereocenters. The maximum absolute atomic E-state index is 12.2. The summed E-state index contributed by atoms with van der Waals surface area (Å²) in [4.78, 5) is 33.7. The highest BCUT2D eigenvalue weighted by atomic mass is 32.1. The summed E-state index contributed by atoms with van der Waals surface area (Å²) in [6.45, 7) is 2.44. The average molecular weight is 340 g/mol. The molecule has 6 nitrogen and oxygen atoms in total. The summed E-state index contributed by atoms with van der Waals surface area (Å²) in [5, 5.41) is 4.80. The molecule has 0 bridgehead atoms. The first kappa shape index (κ1) is 14.9. The van der Waals surface area contributed by atoms with Crippen LogP contribution in [0.5, 0.6) is 0 Å². The van der Waals surface area contributed by atoms with Gasteiger partial charge in [0.15, 0.2) is 0 Å². The zero-order chi connectivity index (χ0) is 16.7. The zero-order valence-electron chi connectivity index (χ0n) is 13.1. The number of aromatic amines is 1. The summed E-state index contributed by atoms with van der Waals surface area (Å²) in [5.74, 6) is 0.592. The Hall–Kier alpha value is -2.67. The maximum Gasteiger partial charge on any atom is 0.268 e. The van der Waals surface area contributed by atoms with Crippen LogP contribution < -0.4 is 15.8 Å². The van der Waals surface area contributed by atoms with Gasteiger partial charge in [0.25, 0.3) is 5.56 Å². The van der Waals surface area contributed by atoms with E-state index in [0.717, 1.165) is 11.4 Å². The van der Waals surface area contributed by atoms with Gasteiger partial charge in [-0.1, -0.05) is 12.1 Å². The van der Waals surface area contributed by atoms with Crippen molar-refractivity contribution in [2.45, 2.75) is 25.9 Å². The van der Waals surface area contributed by atoms with Crippen LogP contribution in [0.2, 0.25) is 0 Å². The van der Waals surface area contributed by atoms with E-state index in [2.05, 4.69) is 20.2 Å². The standard InChI is InChI=1S/C17H16N4O2S/c1-10-8-15(22)19-11-4-2-3-5-13(11)21(10)9-14-18-12-6-7-24-16(12)17(23)20-14/h2-7,10H,8-9H2,1H3,(H,19,22)(H,18,20,23)/t10-/m0/s1. The molecule has 2 aromatic heterocycles. The molecule has 7 heteroatoms. The molecule has 24 heavy (non-hydrogen) atoms. The molecule has 1 amide bonds. The Morgan fingerprint density at radius 2 is 2.12 bits per heavy atom. The lowest BCUT2D eigenvalue weighted by atomic mass is 10.1. The number of fused-ring (bicyclic) bond motifs is 2. The lowest BCUT2D eigenvalue weighted by Gasteiger charge is -2.29. The summed E-state index contributed by atoms with van der Waals surface area (Å²) in [5.41, 5.74) is 2.31. The molecule has 122 valence electrons. The Balaban J connectivity index is 1.76. The number of thiophene rings is 1. The molecule has 0 spiro atoms. The van der Waals surface area contributed by atoms with E-state index in [-0.39, 0.29) is 17.5 Å². The molecule has 4 rings (SSSR count). The Morgan fingerprint density at radius 1 is 1.29 bits per heavy atom. The summed E-state index contributed by atoms with van der Waals surface area (Å²) in [7, 11) is 0. The van der Waals surface area contributed by atoms with Crippen LogP contribution in [0.3, 0.4) is 0 Å². The third-order valence-electron chi connectivity index (χ3n) is 4.18. The number of hydrogen-bond acceptors (Lipinski definition) is 5. The molecule has 2 N–H and O–H groups in total. The Labute approximate surface area is 142 Å². The van der Waals surface area contributed by atoms with Crippen molar-refractivity contribution in [2.24, 2.45) is 0 Å². The zero-order valence-corrected chi connectivity index (χ0v) is 13.9. The maximum atomic E-state index is 12.2. The van der Waals surface area contributed by atoms with Gasteiger partial charge in [-0.2, -0.15) is 0 Å². The molecule has 3 aromatic rings. The van der Waals surface area contributed by atoms with Gasteiger partial charge in [0, 0.05) is 12.5 Å². The first-order chi connectivity index (χ1) is 11.6. The Morgan fingerprint density at radius 3 is 3.00 bits per heavy atom. The molecule has 1 atom stereocenters. The monoisotopic (exact) mass is 340 g/mol. The fraction of sp³-hybridized carbons (Fsp3) is 0.235. The average Bonchev–Trinajstić information content (AvgIpc) is 2.98. The van der Waals surface area contributed by atoms with Gasteiger partial charge in [-0.15, -0.1) is 11.3 Å².